The van der Waals surface area contributed by atoms with E-state index >= 15 is 0 Å². The Balaban J connectivity index is 1.37. The predicted octanol–water partition coefficient (Wildman–Crippen LogP) is 3.48. The summed E-state index contributed by atoms with van der Waals surface area (Å²) in [5.74, 6) is 2.17. The molecule has 1 aliphatic heterocycles. The van der Waals surface area contributed by atoms with Gasteiger partial charge in [0, 0.05) is 49.6 Å². The molecule has 1 atom stereocenters. The van der Waals surface area contributed by atoms with E-state index in [1.54, 1.807) is 11.3 Å². The molecule has 3 aromatic rings. The number of hydrogen-bond donors (Lipinski definition) is 0. The largest absolute Gasteiger partial charge is 0.353 e. The summed E-state index contributed by atoms with van der Waals surface area (Å²) in [5, 5.41) is 2.08. The number of pyridine rings is 1. The Bertz CT molecular complexity index is 1010. The highest BCUT2D eigenvalue weighted by Crippen LogP contribution is 2.35. The molecule has 1 aliphatic carbocycles. The lowest BCUT2D eigenvalue weighted by molar-refractivity contribution is 0.0962. The van der Waals surface area contributed by atoms with Gasteiger partial charge in [0.1, 0.15) is 5.82 Å². The number of Topliss-reactive ketones (excluding diaryl/α,β-unsaturated/α-hetero) is 1. The van der Waals surface area contributed by atoms with Gasteiger partial charge in [-0.3, -0.25) is 4.79 Å². The minimum absolute atomic E-state index is 0.175. The van der Waals surface area contributed by atoms with Crippen LogP contribution in [0.4, 0.5) is 11.8 Å². The van der Waals surface area contributed by atoms with Gasteiger partial charge in [0.25, 0.3) is 0 Å². The molecule has 5 rings (SSSR count). The molecule has 0 amide bonds. The Morgan fingerprint density at radius 2 is 1.83 bits per heavy atom. The van der Waals surface area contributed by atoms with Crippen LogP contribution in [0, 0.1) is 6.92 Å². The summed E-state index contributed by atoms with van der Waals surface area (Å²) in [6.07, 6.45) is 3.20. The number of hydrogen-bond acceptors (Lipinski definition) is 7. The van der Waals surface area contributed by atoms with Gasteiger partial charge in [-0.15, -0.1) is 11.3 Å². The van der Waals surface area contributed by atoms with Crippen LogP contribution >= 0.6 is 11.3 Å². The van der Waals surface area contributed by atoms with Gasteiger partial charge in [-0.25, -0.2) is 15.0 Å². The number of fused-ring (bicyclic) bond motifs is 1. The van der Waals surface area contributed by atoms with E-state index in [1.165, 1.54) is 4.88 Å². The minimum Gasteiger partial charge on any atom is -0.353 e. The molecule has 7 heteroatoms. The van der Waals surface area contributed by atoms with Gasteiger partial charge in [-0.1, -0.05) is 12.1 Å². The number of thiophene rings is 1. The normalized spacial score (nSPS) is 19.3. The lowest BCUT2D eigenvalue weighted by atomic mass is 9.84. The van der Waals surface area contributed by atoms with Gasteiger partial charge in [0.2, 0.25) is 5.95 Å². The van der Waals surface area contributed by atoms with Gasteiger partial charge in [0.15, 0.2) is 5.78 Å². The molecule has 2 aliphatic rings. The second-order valence-corrected chi connectivity index (χ2v) is 8.62. The average Bonchev–Trinajstić information content (AvgIpc) is 3.29. The topological polar surface area (TPSA) is 62.2 Å². The molecular formula is C22H23N5OS. The van der Waals surface area contributed by atoms with Crippen molar-refractivity contribution in [3.8, 4) is 0 Å². The summed E-state index contributed by atoms with van der Waals surface area (Å²) in [4.78, 5) is 32.6. The van der Waals surface area contributed by atoms with Crippen molar-refractivity contribution in [1.29, 1.82) is 0 Å². The van der Waals surface area contributed by atoms with E-state index in [9.17, 15) is 4.79 Å². The standard InChI is InChI=1S/C22H23N5OS/c1-15-21-17(13-16(14-18(21)28)19-5-4-12-29-19)25-22(24-15)27-10-8-26(9-11-27)20-6-2-3-7-23-20/h2-7,12,16H,8-11,13-14H2,1H3. The van der Waals surface area contributed by atoms with Crippen molar-refractivity contribution in [1.82, 2.24) is 15.0 Å². The zero-order valence-electron chi connectivity index (χ0n) is 16.4. The maximum absolute atomic E-state index is 12.8. The minimum atomic E-state index is 0.175. The van der Waals surface area contributed by atoms with E-state index < -0.39 is 0 Å². The summed E-state index contributed by atoms with van der Waals surface area (Å²) < 4.78 is 0. The SMILES string of the molecule is Cc1nc(N2CCN(c3ccccn3)CC2)nc2c1C(=O)CC(c1cccs1)C2. The molecule has 0 spiro atoms. The quantitative estimate of drug-likeness (QED) is 0.665. The van der Waals surface area contributed by atoms with Crippen LogP contribution in [-0.2, 0) is 6.42 Å². The van der Waals surface area contributed by atoms with Gasteiger partial charge in [0.05, 0.1) is 17.0 Å². The Hall–Kier alpha value is -2.80. The van der Waals surface area contributed by atoms with Crippen LogP contribution in [-0.4, -0.2) is 46.9 Å². The van der Waals surface area contributed by atoms with Crippen molar-refractivity contribution in [3.05, 3.63) is 63.7 Å². The van der Waals surface area contributed by atoms with Gasteiger partial charge >= 0.3 is 0 Å². The zero-order chi connectivity index (χ0) is 19.8. The maximum atomic E-state index is 12.8. The average molecular weight is 406 g/mol. The van der Waals surface area contributed by atoms with E-state index in [4.69, 9.17) is 9.97 Å². The third kappa shape index (κ3) is 3.51. The molecule has 29 heavy (non-hydrogen) atoms. The lowest BCUT2D eigenvalue weighted by Crippen LogP contribution is -2.47. The van der Waals surface area contributed by atoms with Crippen LogP contribution in [0.3, 0.4) is 0 Å². The van der Waals surface area contributed by atoms with E-state index in [1.807, 2.05) is 31.3 Å². The molecule has 0 saturated carbocycles. The maximum Gasteiger partial charge on any atom is 0.225 e. The fourth-order valence-electron chi connectivity index (χ4n) is 4.30. The van der Waals surface area contributed by atoms with Crippen LogP contribution < -0.4 is 9.80 Å². The Morgan fingerprint density at radius 1 is 1.00 bits per heavy atom. The monoisotopic (exact) mass is 405 g/mol. The summed E-state index contributed by atoms with van der Waals surface area (Å²) in [5.41, 5.74) is 2.47. The first-order valence-corrected chi connectivity index (χ1v) is 10.9. The van der Waals surface area contributed by atoms with Crippen LogP contribution in [0.2, 0.25) is 0 Å². The molecule has 1 fully saturated rings. The lowest BCUT2D eigenvalue weighted by Gasteiger charge is -2.36. The summed E-state index contributed by atoms with van der Waals surface area (Å²) in [6.45, 7) is 5.40. The van der Waals surface area contributed by atoms with Crippen molar-refractivity contribution in [2.75, 3.05) is 36.0 Å². The highest BCUT2D eigenvalue weighted by molar-refractivity contribution is 7.10. The van der Waals surface area contributed by atoms with Crippen LogP contribution in [0.1, 0.15) is 39.0 Å². The molecule has 0 N–H and O–H groups in total. The predicted molar refractivity (Wildman–Crippen MR) is 115 cm³/mol. The summed E-state index contributed by atoms with van der Waals surface area (Å²) >= 11 is 1.72. The van der Waals surface area contributed by atoms with E-state index in [2.05, 4.69) is 32.3 Å². The van der Waals surface area contributed by atoms with Gasteiger partial charge in [-0.05, 0) is 36.9 Å². The molecule has 1 saturated heterocycles. The van der Waals surface area contributed by atoms with Crippen molar-refractivity contribution in [2.24, 2.45) is 0 Å². The Morgan fingerprint density at radius 3 is 2.55 bits per heavy atom. The molecule has 148 valence electrons. The number of carbonyl (C=O) groups is 1. The Labute approximate surface area is 174 Å². The fourth-order valence-corrected chi connectivity index (χ4v) is 5.13. The van der Waals surface area contributed by atoms with E-state index in [-0.39, 0.29) is 11.7 Å². The number of aromatic nitrogens is 3. The van der Waals surface area contributed by atoms with Crippen molar-refractivity contribution < 1.29 is 4.79 Å². The molecule has 0 aromatic carbocycles. The van der Waals surface area contributed by atoms with Crippen molar-refractivity contribution >= 4 is 28.9 Å². The molecule has 3 aromatic heterocycles. The van der Waals surface area contributed by atoms with E-state index in [0.717, 1.165) is 61.3 Å². The number of anilines is 2. The molecule has 1 unspecified atom stereocenters. The van der Waals surface area contributed by atoms with Crippen molar-refractivity contribution in [3.63, 3.8) is 0 Å². The van der Waals surface area contributed by atoms with Crippen LogP contribution in [0.15, 0.2) is 41.9 Å². The van der Waals surface area contributed by atoms with Crippen molar-refractivity contribution in [2.45, 2.75) is 25.7 Å². The highest BCUT2D eigenvalue weighted by atomic mass is 32.1. The van der Waals surface area contributed by atoms with E-state index in [0.29, 0.717) is 6.42 Å². The number of aryl methyl sites for hydroxylation is 1. The number of carbonyl (C=O) groups excluding carboxylic acids is 1. The molecule has 0 bridgehead atoms. The highest BCUT2D eigenvalue weighted by Gasteiger charge is 2.31. The summed E-state index contributed by atoms with van der Waals surface area (Å²) in [7, 11) is 0. The Kier molecular flexibility index (Phi) is 4.75. The van der Waals surface area contributed by atoms with Gasteiger partial charge in [-0.2, -0.15) is 0 Å². The second-order valence-electron chi connectivity index (χ2n) is 7.64. The number of ketones is 1. The number of piperazine rings is 1. The first-order valence-electron chi connectivity index (χ1n) is 10.0. The molecule has 6 nitrogen and oxygen atoms in total. The molecular weight excluding hydrogens is 382 g/mol. The van der Waals surface area contributed by atoms with Crippen LogP contribution in [0.5, 0.6) is 0 Å². The first kappa shape index (κ1) is 18.2. The first-order chi connectivity index (χ1) is 14.2. The zero-order valence-corrected chi connectivity index (χ0v) is 17.2. The number of rotatable bonds is 3. The molecule has 0 radical (unpaired) electrons. The molecule has 4 heterocycles. The van der Waals surface area contributed by atoms with Gasteiger partial charge < -0.3 is 9.80 Å². The van der Waals surface area contributed by atoms with Crippen LogP contribution in [0.25, 0.3) is 0 Å². The third-order valence-corrected chi connectivity index (χ3v) is 6.82. The third-order valence-electron chi connectivity index (χ3n) is 5.78. The second kappa shape index (κ2) is 7.55. The fraction of sp³-hybridized carbons (Fsp3) is 0.364. The smallest absolute Gasteiger partial charge is 0.225 e. The number of nitrogens with zero attached hydrogens (tertiary/aromatic N) is 5. The summed E-state index contributed by atoms with van der Waals surface area (Å²) in [6, 6.07) is 10.2.